The van der Waals surface area contributed by atoms with Gasteiger partial charge in [-0.25, -0.2) is 9.98 Å². The number of thiazole rings is 1. The third-order valence-electron chi connectivity index (χ3n) is 3.63. The van der Waals surface area contributed by atoms with Crippen LogP contribution in [-0.2, 0) is 6.54 Å². The fourth-order valence-electron chi connectivity index (χ4n) is 2.40. The van der Waals surface area contributed by atoms with Crippen LogP contribution in [-0.4, -0.2) is 31.1 Å². The number of guanidine groups is 1. The van der Waals surface area contributed by atoms with Crippen molar-refractivity contribution in [3.8, 4) is 5.75 Å². The molecule has 5 nitrogen and oxygen atoms in total. The van der Waals surface area contributed by atoms with Gasteiger partial charge in [-0.3, -0.25) is 0 Å². The van der Waals surface area contributed by atoms with Crippen molar-refractivity contribution in [3.63, 3.8) is 0 Å². The average molecular weight is 474 g/mol. The number of aromatic nitrogens is 1. The number of para-hydroxylation sites is 1. The van der Waals surface area contributed by atoms with Gasteiger partial charge in [0.25, 0.3) is 0 Å². The Morgan fingerprint density at radius 2 is 2.08 bits per heavy atom. The predicted octanol–water partition coefficient (Wildman–Crippen LogP) is 3.94. The van der Waals surface area contributed by atoms with E-state index in [2.05, 4.69) is 47.4 Å². The smallest absolute Gasteiger partial charge is 0.191 e. The molecule has 1 heterocycles. The number of hydrogen-bond acceptors (Lipinski definition) is 4. The highest BCUT2D eigenvalue weighted by Gasteiger charge is 2.11. The molecule has 0 fully saturated rings. The zero-order valence-electron chi connectivity index (χ0n) is 15.2. The van der Waals surface area contributed by atoms with E-state index >= 15 is 0 Å². The van der Waals surface area contributed by atoms with Crippen LogP contribution in [0.25, 0.3) is 0 Å². The van der Waals surface area contributed by atoms with Gasteiger partial charge >= 0.3 is 0 Å². The molecule has 1 aromatic carbocycles. The summed E-state index contributed by atoms with van der Waals surface area (Å²) in [5.74, 6) is 2.05. The molecule has 0 radical (unpaired) electrons. The van der Waals surface area contributed by atoms with Gasteiger partial charge in [-0.1, -0.05) is 25.1 Å². The lowest BCUT2D eigenvalue weighted by atomic mass is 10.0. The maximum atomic E-state index is 5.45. The van der Waals surface area contributed by atoms with Crippen molar-refractivity contribution in [2.75, 3.05) is 20.2 Å². The number of ether oxygens (including phenoxy) is 1. The molecule has 0 aliphatic heterocycles. The minimum atomic E-state index is 0. The van der Waals surface area contributed by atoms with Crippen molar-refractivity contribution in [2.24, 2.45) is 4.99 Å². The van der Waals surface area contributed by atoms with Crippen molar-refractivity contribution in [3.05, 3.63) is 45.9 Å². The number of rotatable bonds is 7. The molecule has 1 atom stereocenters. The third kappa shape index (κ3) is 6.81. The van der Waals surface area contributed by atoms with E-state index < -0.39 is 0 Å². The van der Waals surface area contributed by atoms with Gasteiger partial charge in [-0.2, -0.15) is 0 Å². The van der Waals surface area contributed by atoms with Gasteiger partial charge in [0.05, 0.1) is 13.7 Å². The van der Waals surface area contributed by atoms with E-state index in [1.807, 2.05) is 24.4 Å². The number of nitrogens with one attached hydrogen (secondary N) is 2. The molecule has 0 saturated heterocycles. The lowest BCUT2D eigenvalue weighted by Gasteiger charge is -2.18. The molecule has 2 rings (SSSR count). The lowest BCUT2D eigenvalue weighted by molar-refractivity contribution is 0.406. The molecule has 2 N–H and O–H groups in total. The van der Waals surface area contributed by atoms with Gasteiger partial charge in [-0.05, 0) is 25.5 Å². The molecule has 7 heteroatoms. The summed E-state index contributed by atoms with van der Waals surface area (Å²) in [4.78, 5) is 10.2. The fraction of sp³-hybridized carbons (Fsp3) is 0.444. The first kappa shape index (κ1) is 21.7. The normalized spacial score (nSPS) is 12.2. The van der Waals surface area contributed by atoms with Crippen molar-refractivity contribution in [2.45, 2.75) is 33.2 Å². The topological polar surface area (TPSA) is 58.5 Å². The van der Waals surface area contributed by atoms with Crippen LogP contribution >= 0.6 is 35.3 Å². The van der Waals surface area contributed by atoms with Crippen LogP contribution in [0.15, 0.2) is 35.5 Å². The monoisotopic (exact) mass is 474 g/mol. The molecule has 0 saturated carbocycles. The fourth-order valence-corrected chi connectivity index (χ4v) is 3.11. The van der Waals surface area contributed by atoms with Gasteiger partial charge in [0, 0.05) is 30.1 Å². The molecular formula is C18H27IN4OS. The van der Waals surface area contributed by atoms with E-state index in [9.17, 15) is 0 Å². The molecule has 0 aliphatic rings. The van der Waals surface area contributed by atoms with Crippen LogP contribution in [0.1, 0.15) is 35.2 Å². The van der Waals surface area contributed by atoms with E-state index in [0.29, 0.717) is 12.5 Å². The lowest BCUT2D eigenvalue weighted by Crippen LogP contribution is -2.39. The first-order chi connectivity index (χ1) is 11.6. The highest BCUT2D eigenvalue weighted by molar-refractivity contribution is 14.0. The Bertz CT molecular complexity index is 675. The minimum Gasteiger partial charge on any atom is -0.496 e. The zero-order chi connectivity index (χ0) is 17.4. The van der Waals surface area contributed by atoms with Crippen molar-refractivity contribution >= 4 is 41.3 Å². The van der Waals surface area contributed by atoms with Gasteiger partial charge < -0.3 is 15.4 Å². The molecule has 0 bridgehead atoms. The SMILES string of the molecule is CCNC(=NCc1ncc(C)s1)NCC(C)c1ccccc1OC.I. The molecule has 138 valence electrons. The first-order valence-corrected chi connectivity index (χ1v) is 9.02. The van der Waals surface area contributed by atoms with Gasteiger partial charge in [0.2, 0.25) is 0 Å². The Hall–Kier alpha value is -1.35. The summed E-state index contributed by atoms with van der Waals surface area (Å²) in [5, 5.41) is 7.72. The molecule has 0 spiro atoms. The molecule has 25 heavy (non-hydrogen) atoms. The largest absolute Gasteiger partial charge is 0.496 e. The standard InChI is InChI=1S/C18H26N4OS.HI/c1-5-19-18(22-12-17-20-11-14(3)24-17)21-10-13(2)15-8-6-7-9-16(15)23-4;/h6-9,11,13H,5,10,12H2,1-4H3,(H2,19,21,22);1H. The number of aryl methyl sites for hydroxylation is 1. The Morgan fingerprint density at radius 1 is 1.32 bits per heavy atom. The quantitative estimate of drug-likeness (QED) is 0.363. The number of halogens is 1. The Balaban J connectivity index is 0.00000312. The maximum absolute atomic E-state index is 5.45. The summed E-state index contributed by atoms with van der Waals surface area (Å²) < 4.78 is 5.45. The molecule has 0 amide bonds. The van der Waals surface area contributed by atoms with E-state index in [1.54, 1.807) is 18.4 Å². The maximum Gasteiger partial charge on any atom is 0.191 e. The summed E-state index contributed by atoms with van der Waals surface area (Å²) in [6.45, 7) is 8.50. The van der Waals surface area contributed by atoms with Crippen LogP contribution in [0.3, 0.4) is 0 Å². The molecule has 1 aromatic heterocycles. The summed E-state index contributed by atoms with van der Waals surface area (Å²) >= 11 is 1.68. The van der Waals surface area contributed by atoms with E-state index in [-0.39, 0.29) is 24.0 Å². The van der Waals surface area contributed by atoms with E-state index in [4.69, 9.17) is 4.74 Å². The molecule has 2 aromatic rings. The highest BCUT2D eigenvalue weighted by atomic mass is 127. The second-order valence-electron chi connectivity index (χ2n) is 5.58. The number of hydrogen-bond donors (Lipinski definition) is 2. The minimum absolute atomic E-state index is 0. The Morgan fingerprint density at radius 3 is 2.72 bits per heavy atom. The van der Waals surface area contributed by atoms with Gasteiger partial charge in [-0.15, -0.1) is 35.3 Å². The number of aliphatic imine (C=N–C) groups is 1. The number of nitrogens with zero attached hydrogens (tertiary/aromatic N) is 2. The van der Waals surface area contributed by atoms with E-state index in [0.717, 1.165) is 29.8 Å². The van der Waals surface area contributed by atoms with Gasteiger partial charge in [0.1, 0.15) is 10.8 Å². The van der Waals surface area contributed by atoms with Gasteiger partial charge in [0.15, 0.2) is 5.96 Å². The summed E-state index contributed by atoms with van der Waals surface area (Å²) in [6.07, 6.45) is 1.89. The number of methoxy groups -OCH3 is 1. The first-order valence-electron chi connectivity index (χ1n) is 8.20. The third-order valence-corrected chi connectivity index (χ3v) is 4.53. The van der Waals surface area contributed by atoms with Crippen LogP contribution < -0.4 is 15.4 Å². The summed E-state index contributed by atoms with van der Waals surface area (Å²) in [5.41, 5.74) is 1.19. The second kappa shape index (κ2) is 11.3. The summed E-state index contributed by atoms with van der Waals surface area (Å²) in [6, 6.07) is 8.13. The number of benzene rings is 1. The van der Waals surface area contributed by atoms with E-state index in [1.165, 1.54) is 10.4 Å². The molecule has 1 unspecified atom stereocenters. The summed E-state index contributed by atoms with van der Waals surface area (Å²) in [7, 11) is 1.71. The van der Waals surface area contributed by atoms with Crippen LogP contribution in [0.5, 0.6) is 5.75 Å². The Labute approximate surface area is 171 Å². The Kier molecular flexibility index (Phi) is 9.81. The zero-order valence-corrected chi connectivity index (χ0v) is 18.4. The van der Waals surface area contributed by atoms with Crippen molar-refractivity contribution in [1.82, 2.24) is 15.6 Å². The molecule has 0 aliphatic carbocycles. The second-order valence-corrected chi connectivity index (χ2v) is 6.90. The van der Waals surface area contributed by atoms with Crippen LogP contribution in [0, 0.1) is 6.92 Å². The average Bonchev–Trinajstić information content (AvgIpc) is 3.02. The molecular weight excluding hydrogens is 447 g/mol. The van der Waals surface area contributed by atoms with Crippen molar-refractivity contribution in [1.29, 1.82) is 0 Å². The van der Waals surface area contributed by atoms with Crippen molar-refractivity contribution < 1.29 is 4.74 Å². The predicted molar refractivity (Wildman–Crippen MR) is 116 cm³/mol. The highest BCUT2D eigenvalue weighted by Crippen LogP contribution is 2.25. The van der Waals surface area contributed by atoms with Crippen LogP contribution in [0.2, 0.25) is 0 Å². The van der Waals surface area contributed by atoms with Crippen LogP contribution in [0.4, 0.5) is 0 Å².